The Bertz CT molecular complexity index is 1370. The van der Waals surface area contributed by atoms with E-state index < -0.39 is 12.1 Å². The first kappa shape index (κ1) is 23.1. The van der Waals surface area contributed by atoms with Crippen LogP contribution in [0.1, 0.15) is 42.6 Å². The minimum Gasteiger partial charge on any atom is -0.457 e. The van der Waals surface area contributed by atoms with Crippen LogP contribution in [0.5, 0.6) is 11.5 Å². The molecule has 9 nitrogen and oxygen atoms in total. The molecule has 1 atom stereocenters. The number of aromatic amines is 1. The van der Waals surface area contributed by atoms with E-state index in [1.807, 2.05) is 54.6 Å². The predicted molar refractivity (Wildman–Crippen MR) is 135 cm³/mol. The summed E-state index contributed by atoms with van der Waals surface area (Å²) in [7, 11) is 0. The molecule has 3 aromatic carbocycles. The fourth-order valence-electron chi connectivity index (χ4n) is 3.92. The van der Waals surface area contributed by atoms with Crippen LogP contribution in [0.3, 0.4) is 0 Å². The molecule has 1 fully saturated rings. The number of nitrogens with one attached hydrogen (secondary N) is 3. The maximum atomic E-state index is 12.9. The van der Waals surface area contributed by atoms with Crippen molar-refractivity contribution in [2.24, 2.45) is 5.73 Å². The summed E-state index contributed by atoms with van der Waals surface area (Å²) in [6, 6.07) is 22.5. The maximum absolute atomic E-state index is 12.9. The average molecular weight is 483 g/mol. The van der Waals surface area contributed by atoms with E-state index in [1.54, 1.807) is 24.3 Å². The van der Waals surface area contributed by atoms with E-state index in [-0.39, 0.29) is 12.3 Å². The first-order chi connectivity index (χ1) is 17.5. The molecule has 1 aliphatic rings. The fourth-order valence-corrected chi connectivity index (χ4v) is 3.92. The van der Waals surface area contributed by atoms with Gasteiger partial charge >= 0.3 is 6.03 Å². The second-order valence-corrected chi connectivity index (χ2v) is 8.70. The van der Waals surface area contributed by atoms with Gasteiger partial charge in [0.1, 0.15) is 17.3 Å². The van der Waals surface area contributed by atoms with Gasteiger partial charge in [0.05, 0.1) is 12.5 Å². The Labute approximate surface area is 208 Å². The Morgan fingerprint density at radius 3 is 2.56 bits per heavy atom. The number of nitrogens with zero attached hydrogens (tertiary/aromatic N) is 2. The summed E-state index contributed by atoms with van der Waals surface area (Å²) >= 11 is 0. The largest absolute Gasteiger partial charge is 0.457 e. The zero-order chi connectivity index (χ0) is 24.9. The SMILES string of the molecule is NC(=O)NC(CC(=O)Nc1cccc(-c2n[nH]c(C3CC3)n2)c1)c1cccc(Oc2ccccc2)c1. The van der Waals surface area contributed by atoms with Gasteiger partial charge in [-0.2, -0.15) is 5.10 Å². The van der Waals surface area contributed by atoms with Gasteiger partial charge in [-0.3, -0.25) is 9.89 Å². The Hall–Kier alpha value is -4.66. The summed E-state index contributed by atoms with van der Waals surface area (Å²) in [5.41, 5.74) is 7.50. The molecular formula is C27H26N6O3. The van der Waals surface area contributed by atoms with Crippen LogP contribution in [0, 0.1) is 0 Å². The third-order valence-corrected chi connectivity index (χ3v) is 5.82. The highest BCUT2D eigenvalue weighted by atomic mass is 16.5. The van der Waals surface area contributed by atoms with Crippen molar-refractivity contribution in [3.05, 3.63) is 90.3 Å². The van der Waals surface area contributed by atoms with Crippen LogP contribution >= 0.6 is 0 Å². The average Bonchev–Trinajstić information content (AvgIpc) is 3.60. The van der Waals surface area contributed by atoms with Gasteiger partial charge in [-0.15, -0.1) is 0 Å². The van der Waals surface area contributed by atoms with E-state index in [1.165, 1.54) is 0 Å². The second kappa shape index (κ2) is 10.3. The molecule has 5 N–H and O–H groups in total. The summed E-state index contributed by atoms with van der Waals surface area (Å²) in [4.78, 5) is 29.2. The van der Waals surface area contributed by atoms with Gasteiger partial charge in [0, 0.05) is 17.2 Å². The standard InChI is InChI=1S/C27H26N6O3/c28-27(35)30-23(18-6-5-11-22(15-18)36-21-9-2-1-3-10-21)16-24(34)29-20-8-4-7-19(14-20)26-31-25(32-33-26)17-12-13-17/h1-11,14-15,17,23H,12-13,16H2,(H,29,34)(H3,28,30,35)(H,31,32,33). The van der Waals surface area contributed by atoms with Crippen molar-refractivity contribution in [1.82, 2.24) is 20.5 Å². The van der Waals surface area contributed by atoms with Crippen LogP contribution in [0.4, 0.5) is 10.5 Å². The summed E-state index contributed by atoms with van der Waals surface area (Å²) in [5.74, 6) is 2.95. The van der Waals surface area contributed by atoms with Crippen LogP contribution in [-0.4, -0.2) is 27.1 Å². The lowest BCUT2D eigenvalue weighted by atomic mass is 10.0. The van der Waals surface area contributed by atoms with Gasteiger partial charge in [-0.25, -0.2) is 9.78 Å². The molecule has 182 valence electrons. The molecule has 0 aliphatic heterocycles. The lowest BCUT2D eigenvalue weighted by molar-refractivity contribution is -0.116. The minimum absolute atomic E-state index is 0.0194. The smallest absolute Gasteiger partial charge is 0.312 e. The zero-order valence-electron chi connectivity index (χ0n) is 19.5. The fraction of sp³-hybridized carbons (Fsp3) is 0.185. The van der Waals surface area contributed by atoms with E-state index in [9.17, 15) is 9.59 Å². The Morgan fingerprint density at radius 2 is 1.78 bits per heavy atom. The molecule has 0 bridgehead atoms. The third kappa shape index (κ3) is 5.87. The molecule has 1 unspecified atom stereocenters. The van der Waals surface area contributed by atoms with Crippen molar-refractivity contribution in [3.63, 3.8) is 0 Å². The topological polar surface area (TPSA) is 135 Å². The van der Waals surface area contributed by atoms with E-state index in [0.717, 1.165) is 24.2 Å². The number of hydrogen-bond donors (Lipinski definition) is 4. The number of rotatable bonds is 9. The molecule has 5 rings (SSSR count). The number of H-pyrrole nitrogens is 1. The first-order valence-electron chi connectivity index (χ1n) is 11.7. The number of urea groups is 1. The molecule has 36 heavy (non-hydrogen) atoms. The van der Waals surface area contributed by atoms with Gasteiger partial charge in [0.2, 0.25) is 5.91 Å². The van der Waals surface area contributed by atoms with Crippen LogP contribution in [0.15, 0.2) is 78.9 Å². The number of benzene rings is 3. The first-order valence-corrected chi connectivity index (χ1v) is 11.7. The Morgan fingerprint density at radius 1 is 1.00 bits per heavy atom. The van der Waals surface area contributed by atoms with Crippen molar-refractivity contribution < 1.29 is 14.3 Å². The monoisotopic (exact) mass is 482 g/mol. The van der Waals surface area contributed by atoms with Gasteiger partial charge < -0.3 is 21.1 Å². The van der Waals surface area contributed by atoms with Crippen molar-refractivity contribution in [2.75, 3.05) is 5.32 Å². The Kier molecular flexibility index (Phi) is 6.61. The lowest BCUT2D eigenvalue weighted by Gasteiger charge is -2.19. The number of aromatic nitrogens is 3. The number of ether oxygens (including phenoxy) is 1. The Balaban J connectivity index is 1.28. The number of hydrogen-bond acceptors (Lipinski definition) is 5. The lowest BCUT2D eigenvalue weighted by Crippen LogP contribution is -2.35. The number of carbonyl (C=O) groups excluding carboxylic acids is 2. The summed E-state index contributed by atoms with van der Waals surface area (Å²) in [5, 5.41) is 12.9. The number of nitrogens with two attached hydrogens (primary N) is 1. The number of para-hydroxylation sites is 1. The van der Waals surface area contributed by atoms with Crippen molar-refractivity contribution >= 4 is 17.6 Å². The van der Waals surface area contributed by atoms with Crippen LogP contribution in [0.2, 0.25) is 0 Å². The van der Waals surface area contributed by atoms with Gasteiger partial charge in [-0.05, 0) is 54.8 Å². The van der Waals surface area contributed by atoms with E-state index in [0.29, 0.717) is 34.5 Å². The molecule has 1 heterocycles. The van der Waals surface area contributed by atoms with Crippen molar-refractivity contribution in [3.8, 4) is 22.9 Å². The molecule has 1 aromatic heterocycles. The van der Waals surface area contributed by atoms with E-state index in [4.69, 9.17) is 10.5 Å². The molecule has 0 spiro atoms. The van der Waals surface area contributed by atoms with Crippen molar-refractivity contribution in [1.29, 1.82) is 0 Å². The normalized spacial score (nSPS) is 13.6. The number of primary amides is 1. The second-order valence-electron chi connectivity index (χ2n) is 8.70. The number of amides is 3. The van der Waals surface area contributed by atoms with Crippen LogP contribution in [-0.2, 0) is 4.79 Å². The molecule has 1 aliphatic carbocycles. The van der Waals surface area contributed by atoms with Gasteiger partial charge in [-0.1, -0.05) is 42.5 Å². The summed E-state index contributed by atoms with van der Waals surface area (Å²) < 4.78 is 5.89. The predicted octanol–water partition coefficient (Wildman–Crippen LogP) is 4.88. The number of anilines is 1. The highest BCUT2D eigenvalue weighted by molar-refractivity contribution is 5.92. The summed E-state index contributed by atoms with van der Waals surface area (Å²) in [6.45, 7) is 0. The minimum atomic E-state index is -0.722. The molecular weight excluding hydrogens is 456 g/mol. The van der Waals surface area contributed by atoms with Crippen molar-refractivity contribution in [2.45, 2.75) is 31.2 Å². The molecule has 9 heteroatoms. The molecule has 4 aromatic rings. The van der Waals surface area contributed by atoms with Gasteiger partial charge in [0.15, 0.2) is 5.82 Å². The molecule has 3 amide bonds. The van der Waals surface area contributed by atoms with Crippen LogP contribution < -0.4 is 21.1 Å². The zero-order valence-corrected chi connectivity index (χ0v) is 19.5. The van der Waals surface area contributed by atoms with Crippen LogP contribution in [0.25, 0.3) is 11.4 Å². The maximum Gasteiger partial charge on any atom is 0.312 e. The molecule has 0 saturated heterocycles. The van der Waals surface area contributed by atoms with E-state index in [2.05, 4.69) is 25.8 Å². The quantitative estimate of drug-likeness (QED) is 0.270. The van der Waals surface area contributed by atoms with Gasteiger partial charge in [0.25, 0.3) is 0 Å². The number of carbonyl (C=O) groups is 2. The highest BCUT2D eigenvalue weighted by Crippen LogP contribution is 2.38. The summed E-state index contributed by atoms with van der Waals surface area (Å²) in [6.07, 6.45) is 2.24. The third-order valence-electron chi connectivity index (χ3n) is 5.82. The molecule has 0 radical (unpaired) electrons. The van der Waals surface area contributed by atoms with E-state index >= 15 is 0 Å². The molecule has 1 saturated carbocycles. The highest BCUT2D eigenvalue weighted by Gasteiger charge is 2.27.